The predicted octanol–water partition coefficient (Wildman–Crippen LogP) is 4.67. The molecule has 150 valence electrons. The lowest BCUT2D eigenvalue weighted by Gasteiger charge is -2.36. The van der Waals surface area contributed by atoms with Crippen LogP contribution < -0.4 is 4.90 Å². The molecule has 0 bridgehead atoms. The van der Waals surface area contributed by atoms with Gasteiger partial charge in [-0.05, 0) is 43.4 Å². The molecule has 0 radical (unpaired) electrons. The van der Waals surface area contributed by atoms with Gasteiger partial charge in [-0.15, -0.1) is 10.2 Å². The molecular weight excluding hydrogens is 382 g/mol. The molecule has 29 heavy (non-hydrogen) atoms. The number of nitrogens with zero attached hydrogens (tertiary/aromatic N) is 5. The molecule has 7 heteroatoms. The first-order chi connectivity index (χ1) is 14.2. The van der Waals surface area contributed by atoms with E-state index >= 15 is 0 Å². The zero-order chi connectivity index (χ0) is 20.2. The Morgan fingerprint density at radius 1 is 1.03 bits per heavy atom. The van der Waals surface area contributed by atoms with Crippen molar-refractivity contribution in [2.45, 2.75) is 23.9 Å². The van der Waals surface area contributed by atoms with E-state index in [1.54, 1.807) is 16.7 Å². The zero-order valence-corrected chi connectivity index (χ0v) is 17.5. The van der Waals surface area contributed by atoms with Crippen LogP contribution in [0.5, 0.6) is 0 Å². The first kappa shape index (κ1) is 19.5. The van der Waals surface area contributed by atoms with Crippen LogP contribution in [0.4, 0.5) is 16.2 Å². The number of carbonyl (C=O) groups is 1. The fourth-order valence-corrected chi connectivity index (χ4v) is 4.38. The zero-order valence-electron chi connectivity index (χ0n) is 16.7. The van der Waals surface area contributed by atoms with Crippen LogP contribution in [0, 0.1) is 0 Å². The van der Waals surface area contributed by atoms with E-state index in [0.29, 0.717) is 6.54 Å². The molecule has 1 atom stereocenters. The summed E-state index contributed by atoms with van der Waals surface area (Å²) in [5.74, 6) is 1.15. The number of piperidine rings is 1. The van der Waals surface area contributed by atoms with E-state index in [0.717, 1.165) is 41.7 Å². The van der Waals surface area contributed by atoms with E-state index in [2.05, 4.69) is 14.8 Å². The highest BCUT2D eigenvalue weighted by molar-refractivity contribution is 7.98. The second kappa shape index (κ2) is 8.69. The quantitative estimate of drug-likeness (QED) is 0.590. The number of likely N-dealkylation sites (tertiary alicyclic amines) is 1. The molecule has 2 heterocycles. The van der Waals surface area contributed by atoms with Crippen LogP contribution in [0.3, 0.4) is 0 Å². The smallest absolute Gasteiger partial charge is 0.323 e. The first-order valence-corrected chi connectivity index (χ1v) is 11.0. The van der Waals surface area contributed by atoms with E-state index in [4.69, 9.17) is 0 Å². The maximum atomic E-state index is 13.6. The van der Waals surface area contributed by atoms with E-state index in [-0.39, 0.29) is 11.9 Å². The molecule has 3 aromatic rings. The summed E-state index contributed by atoms with van der Waals surface area (Å²) in [7, 11) is 2.00. The Balaban J connectivity index is 1.61. The third-order valence-corrected chi connectivity index (χ3v) is 6.05. The average Bonchev–Trinajstić information content (AvgIpc) is 3.16. The van der Waals surface area contributed by atoms with Gasteiger partial charge in [0.25, 0.3) is 0 Å². The summed E-state index contributed by atoms with van der Waals surface area (Å²) in [5, 5.41) is 9.58. The minimum atomic E-state index is -0.000594. The number of urea groups is 1. The SMILES string of the molecule is CSc1nnc([C@@H]2CCCN(C(=O)N(c3ccccc3)c3ccccc3)C2)n1C. The van der Waals surface area contributed by atoms with Gasteiger partial charge in [0.2, 0.25) is 0 Å². The summed E-state index contributed by atoms with van der Waals surface area (Å²) in [4.78, 5) is 17.4. The van der Waals surface area contributed by atoms with Gasteiger partial charge in [0.15, 0.2) is 5.16 Å². The van der Waals surface area contributed by atoms with Crippen LogP contribution in [-0.2, 0) is 7.05 Å². The number of anilines is 2. The van der Waals surface area contributed by atoms with Gasteiger partial charge in [-0.3, -0.25) is 4.90 Å². The molecule has 1 aromatic heterocycles. The van der Waals surface area contributed by atoms with Crippen molar-refractivity contribution in [2.24, 2.45) is 7.05 Å². The molecule has 0 N–H and O–H groups in total. The van der Waals surface area contributed by atoms with Gasteiger partial charge in [-0.25, -0.2) is 4.79 Å². The summed E-state index contributed by atoms with van der Waals surface area (Å²) < 4.78 is 2.05. The normalized spacial score (nSPS) is 16.6. The lowest BCUT2D eigenvalue weighted by molar-refractivity contribution is 0.186. The van der Waals surface area contributed by atoms with Crippen molar-refractivity contribution in [1.82, 2.24) is 19.7 Å². The van der Waals surface area contributed by atoms with E-state index in [1.165, 1.54) is 0 Å². The van der Waals surface area contributed by atoms with Gasteiger partial charge < -0.3 is 9.47 Å². The summed E-state index contributed by atoms with van der Waals surface area (Å²) in [6.45, 7) is 1.40. The van der Waals surface area contributed by atoms with Gasteiger partial charge in [0.05, 0.1) is 11.4 Å². The van der Waals surface area contributed by atoms with Crippen LogP contribution in [-0.4, -0.2) is 45.0 Å². The van der Waals surface area contributed by atoms with Gasteiger partial charge in [0.1, 0.15) is 5.82 Å². The number of hydrogen-bond acceptors (Lipinski definition) is 4. The molecule has 0 saturated carbocycles. The Labute approximate surface area is 175 Å². The fraction of sp³-hybridized carbons (Fsp3) is 0.318. The third kappa shape index (κ3) is 4.00. The molecule has 2 aromatic carbocycles. The number of para-hydroxylation sites is 2. The molecule has 1 aliphatic heterocycles. The van der Waals surface area contributed by atoms with Crippen LogP contribution in [0.15, 0.2) is 65.8 Å². The topological polar surface area (TPSA) is 54.3 Å². The Bertz CT molecular complexity index is 920. The van der Waals surface area contributed by atoms with Crippen LogP contribution in [0.25, 0.3) is 0 Å². The Hall–Kier alpha value is -2.80. The van der Waals surface area contributed by atoms with Crippen molar-refractivity contribution in [3.63, 3.8) is 0 Å². The molecule has 0 spiro atoms. The Morgan fingerprint density at radius 2 is 1.66 bits per heavy atom. The van der Waals surface area contributed by atoms with Gasteiger partial charge >= 0.3 is 6.03 Å². The van der Waals surface area contributed by atoms with Crippen molar-refractivity contribution in [2.75, 3.05) is 24.2 Å². The largest absolute Gasteiger partial charge is 0.329 e. The summed E-state index contributed by atoms with van der Waals surface area (Å²) >= 11 is 1.59. The number of thioether (sulfide) groups is 1. The molecule has 0 unspecified atom stereocenters. The monoisotopic (exact) mass is 407 g/mol. The molecule has 6 nitrogen and oxygen atoms in total. The molecule has 1 fully saturated rings. The summed E-state index contributed by atoms with van der Waals surface area (Å²) in [5.41, 5.74) is 1.74. The Morgan fingerprint density at radius 3 is 2.21 bits per heavy atom. The van der Waals surface area contributed by atoms with Gasteiger partial charge in [-0.1, -0.05) is 48.2 Å². The van der Waals surface area contributed by atoms with E-state index < -0.39 is 0 Å². The number of carbonyl (C=O) groups excluding carboxylic acids is 1. The second-order valence-corrected chi connectivity index (χ2v) is 7.95. The molecule has 2 amide bonds. The number of rotatable bonds is 4. The summed E-state index contributed by atoms with van der Waals surface area (Å²) in [6, 6.07) is 19.7. The lowest BCUT2D eigenvalue weighted by Crippen LogP contribution is -2.46. The van der Waals surface area contributed by atoms with Crippen LogP contribution in [0.2, 0.25) is 0 Å². The highest BCUT2D eigenvalue weighted by atomic mass is 32.2. The number of hydrogen-bond donors (Lipinski definition) is 0. The van der Waals surface area contributed by atoms with Gasteiger partial charge in [0, 0.05) is 26.1 Å². The predicted molar refractivity (Wildman–Crippen MR) is 117 cm³/mol. The minimum Gasteiger partial charge on any atom is -0.323 e. The molecule has 0 aliphatic carbocycles. The highest BCUT2D eigenvalue weighted by Crippen LogP contribution is 2.31. The van der Waals surface area contributed by atoms with Gasteiger partial charge in [-0.2, -0.15) is 0 Å². The number of aromatic nitrogens is 3. The van der Waals surface area contributed by atoms with E-state index in [9.17, 15) is 4.79 Å². The van der Waals surface area contributed by atoms with E-state index in [1.807, 2.05) is 78.9 Å². The molecule has 4 rings (SSSR count). The maximum Gasteiger partial charge on any atom is 0.329 e. The Kier molecular flexibility index (Phi) is 5.85. The van der Waals surface area contributed by atoms with Crippen molar-refractivity contribution >= 4 is 29.2 Å². The highest BCUT2D eigenvalue weighted by Gasteiger charge is 2.31. The second-order valence-electron chi connectivity index (χ2n) is 7.18. The maximum absolute atomic E-state index is 13.6. The molecule has 1 saturated heterocycles. The fourth-order valence-electron chi connectivity index (χ4n) is 3.89. The average molecular weight is 408 g/mol. The van der Waals surface area contributed by atoms with Crippen molar-refractivity contribution in [3.8, 4) is 0 Å². The molecular formula is C22H25N5OS. The number of benzene rings is 2. The van der Waals surface area contributed by atoms with Crippen molar-refractivity contribution in [1.29, 1.82) is 0 Å². The lowest BCUT2D eigenvalue weighted by atomic mass is 9.97. The molecule has 1 aliphatic rings. The van der Waals surface area contributed by atoms with Crippen molar-refractivity contribution < 1.29 is 4.79 Å². The first-order valence-electron chi connectivity index (χ1n) is 9.81. The minimum absolute atomic E-state index is 0.000594. The van der Waals surface area contributed by atoms with Crippen LogP contribution in [0.1, 0.15) is 24.6 Å². The number of amides is 2. The standard InChI is InChI=1S/C22H25N5OS/c1-25-20(23-24-21(25)29-2)17-10-9-15-26(16-17)22(28)27(18-11-5-3-6-12-18)19-13-7-4-8-14-19/h3-8,11-14,17H,9-10,15-16H2,1-2H3/t17-/m1/s1. The third-order valence-electron chi connectivity index (χ3n) is 5.33. The summed E-state index contributed by atoms with van der Waals surface area (Å²) in [6.07, 6.45) is 3.97. The van der Waals surface area contributed by atoms with Crippen molar-refractivity contribution in [3.05, 3.63) is 66.5 Å². The van der Waals surface area contributed by atoms with Crippen LogP contribution >= 0.6 is 11.8 Å².